The van der Waals surface area contributed by atoms with E-state index in [0.29, 0.717) is 12.2 Å². The van der Waals surface area contributed by atoms with Crippen molar-refractivity contribution >= 4 is 18.0 Å². The lowest BCUT2D eigenvalue weighted by Gasteiger charge is -2.09. The summed E-state index contributed by atoms with van der Waals surface area (Å²) in [5, 5.41) is 11.1. The van der Waals surface area contributed by atoms with Gasteiger partial charge >= 0.3 is 5.97 Å². The molecule has 1 atom stereocenters. The SMILES string of the molecule is CCC(NC(=O)/C=C/c1ccco1)C(=O)O. The minimum absolute atomic E-state index is 0.343. The summed E-state index contributed by atoms with van der Waals surface area (Å²) >= 11 is 0. The Labute approximate surface area is 92.8 Å². The molecule has 0 aliphatic heterocycles. The smallest absolute Gasteiger partial charge is 0.326 e. The van der Waals surface area contributed by atoms with Gasteiger partial charge in [0.1, 0.15) is 11.8 Å². The highest BCUT2D eigenvalue weighted by molar-refractivity contribution is 5.94. The fourth-order valence-corrected chi connectivity index (χ4v) is 1.10. The van der Waals surface area contributed by atoms with Gasteiger partial charge in [-0.05, 0) is 24.6 Å². The molecular formula is C11H13NO4. The van der Waals surface area contributed by atoms with E-state index in [1.54, 1.807) is 19.1 Å². The van der Waals surface area contributed by atoms with Crippen molar-refractivity contribution < 1.29 is 19.1 Å². The van der Waals surface area contributed by atoms with Gasteiger partial charge in [0, 0.05) is 6.08 Å². The van der Waals surface area contributed by atoms with Gasteiger partial charge in [-0.2, -0.15) is 0 Å². The van der Waals surface area contributed by atoms with Crippen molar-refractivity contribution in [3.05, 3.63) is 30.2 Å². The summed E-state index contributed by atoms with van der Waals surface area (Å²) in [6, 6.07) is 2.54. The first-order valence-electron chi connectivity index (χ1n) is 4.88. The standard InChI is InChI=1S/C11H13NO4/c1-2-9(11(14)15)12-10(13)6-5-8-4-3-7-16-8/h3-7,9H,2H2,1H3,(H,12,13)(H,14,15)/b6-5+. The van der Waals surface area contributed by atoms with Gasteiger partial charge in [-0.25, -0.2) is 4.79 Å². The van der Waals surface area contributed by atoms with Crippen LogP contribution in [0.5, 0.6) is 0 Å². The number of hydrogen-bond donors (Lipinski definition) is 2. The summed E-state index contributed by atoms with van der Waals surface area (Å²) < 4.78 is 4.98. The molecular weight excluding hydrogens is 210 g/mol. The first kappa shape index (κ1) is 12.0. The number of carbonyl (C=O) groups excluding carboxylic acids is 1. The van der Waals surface area contributed by atoms with E-state index in [4.69, 9.17) is 9.52 Å². The minimum Gasteiger partial charge on any atom is -0.480 e. The molecule has 2 N–H and O–H groups in total. The van der Waals surface area contributed by atoms with Crippen LogP contribution < -0.4 is 5.32 Å². The number of carbonyl (C=O) groups is 2. The van der Waals surface area contributed by atoms with Gasteiger partial charge in [0.2, 0.25) is 5.91 Å². The third kappa shape index (κ3) is 3.61. The van der Waals surface area contributed by atoms with E-state index in [2.05, 4.69) is 5.32 Å². The van der Waals surface area contributed by atoms with Crippen molar-refractivity contribution in [3.63, 3.8) is 0 Å². The van der Waals surface area contributed by atoms with Crippen LogP contribution in [0.15, 0.2) is 28.9 Å². The number of amides is 1. The molecule has 5 heteroatoms. The van der Waals surface area contributed by atoms with Crippen LogP contribution in [0.2, 0.25) is 0 Å². The Bertz CT molecular complexity index is 381. The summed E-state index contributed by atoms with van der Waals surface area (Å²) in [4.78, 5) is 22.0. The van der Waals surface area contributed by atoms with Crippen LogP contribution in [0.4, 0.5) is 0 Å². The molecule has 0 saturated heterocycles. The lowest BCUT2D eigenvalue weighted by atomic mass is 10.2. The number of carboxylic acids is 1. The number of furan rings is 1. The first-order valence-corrected chi connectivity index (χ1v) is 4.88. The van der Waals surface area contributed by atoms with Gasteiger partial charge in [0.15, 0.2) is 0 Å². The Hall–Kier alpha value is -2.04. The highest BCUT2D eigenvalue weighted by Gasteiger charge is 2.15. The minimum atomic E-state index is -1.04. The molecule has 0 radical (unpaired) electrons. The highest BCUT2D eigenvalue weighted by Crippen LogP contribution is 2.02. The summed E-state index contributed by atoms with van der Waals surface area (Å²) in [5.41, 5.74) is 0. The lowest BCUT2D eigenvalue weighted by Crippen LogP contribution is -2.39. The van der Waals surface area contributed by atoms with E-state index in [9.17, 15) is 9.59 Å². The molecule has 0 aliphatic carbocycles. The van der Waals surface area contributed by atoms with Crippen LogP contribution in [-0.2, 0) is 9.59 Å². The van der Waals surface area contributed by atoms with Gasteiger partial charge in [-0.15, -0.1) is 0 Å². The van der Waals surface area contributed by atoms with Gasteiger partial charge in [-0.1, -0.05) is 6.92 Å². The van der Waals surface area contributed by atoms with E-state index in [0.717, 1.165) is 0 Å². The molecule has 1 amide bonds. The van der Waals surface area contributed by atoms with E-state index in [-0.39, 0.29) is 0 Å². The van der Waals surface area contributed by atoms with Crippen molar-refractivity contribution in [2.24, 2.45) is 0 Å². The molecule has 1 aromatic heterocycles. The van der Waals surface area contributed by atoms with Gasteiger partial charge < -0.3 is 14.8 Å². The van der Waals surface area contributed by atoms with Crippen molar-refractivity contribution in [2.75, 3.05) is 0 Å². The molecule has 5 nitrogen and oxygen atoms in total. The maximum Gasteiger partial charge on any atom is 0.326 e. The number of hydrogen-bond acceptors (Lipinski definition) is 3. The second-order valence-corrected chi connectivity index (χ2v) is 3.16. The fraction of sp³-hybridized carbons (Fsp3) is 0.273. The second-order valence-electron chi connectivity index (χ2n) is 3.16. The average Bonchev–Trinajstić information content (AvgIpc) is 2.75. The highest BCUT2D eigenvalue weighted by atomic mass is 16.4. The van der Waals surface area contributed by atoms with Crippen molar-refractivity contribution in [2.45, 2.75) is 19.4 Å². The molecule has 1 rings (SSSR count). The van der Waals surface area contributed by atoms with Crippen LogP contribution in [0, 0.1) is 0 Å². The third-order valence-electron chi connectivity index (χ3n) is 1.96. The molecule has 0 bridgehead atoms. The Kier molecular flexibility index (Phi) is 4.32. The van der Waals surface area contributed by atoms with E-state index in [1.165, 1.54) is 18.4 Å². The summed E-state index contributed by atoms with van der Waals surface area (Å²) in [6.45, 7) is 1.69. The molecule has 0 aromatic carbocycles. The molecule has 1 heterocycles. The molecule has 86 valence electrons. The average molecular weight is 223 g/mol. The molecule has 1 unspecified atom stereocenters. The van der Waals surface area contributed by atoms with E-state index < -0.39 is 17.9 Å². The molecule has 1 aromatic rings. The third-order valence-corrected chi connectivity index (χ3v) is 1.96. The largest absolute Gasteiger partial charge is 0.480 e. The van der Waals surface area contributed by atoms with Crippen LogP contribution in [0.1, 0.15) is 19.1 Å². The predicted octanol–water partition coefficient (Wildman–Crippen LogP) is 1.27. The predicted molar refractivity (Wildman–Crippen MR) is 57.6 cm³/mol. The van der Waals surface area contributed by atoms with Crippen LogP contribution in [0.3, 0.4) is 0 Å². The Morgan fingerprint density at radius 3 is 2.88 bits per heavy atom. The quantitative estimate of drug-likeness (QED) is 0.737. The van der Waals surface area contributed by atoms with E-state index >= 15 is 0 Å². The summed E-state index contributed by atoms with van der Waals surface area (Å²) in [5.74, 6) is -0.952. The maximum absolute atomic E-state index is 11.3. The second kappa shape index (κ2) is 5.75. The Morgan fingerprint density at radius 2 is 2.38 bits per heavy atom. The van der Waals surface area contributed by atoms with Crippen LogP contribution >= 0.6 is 0 Å². The van der Waals surface area contributed by atoms with Crippen molar-refractivity contribution in [3.8, 4) is 0 Å². The summed E-state index contributed by atoms with van der Waals surface area (Å²) in [6.07, 6.45) is 4.55. The van der Waals surface area contributed by atoms with Crippen molar-refractivity contribution in [1.82, 2.24) is 5.32 Å². The lowest BCUT2D eigenvalue weighted by molar-refractivity contribution is -0.141. The van der Waals surface area contributed by atoms with Gasteiger partial charge in [-0.3, -0.25) is 4.79 Å². The first-order chi connectivity index (χ1) is 7.63. The molecule has 0 saturated carbocycles. The number of nitrogens with one attached hydrogen (secondary N) is 1. The number of aliphatic carboxylic acids is 1. The zero-order chi connectivity index (χ0) is 12.0. The molecule has 0 fully saturated rings. The number of carboxylic acid groups (broad SMARTS) is 1. The monoisotopic (exact) mass is 223 g/mol. The van der Waals surface area contributed by atoms with Gasteiger partial charge in [0.05, 0.1) is 6.26 Å². The zero-order valence-corrected chi connectivity index (χ0v) is 8.84. The normalized spacial score (nSPS) is 12.6. The fourth-order valence-electron chi connectivity index (χ4n) is 1.10. The summed E-state index contributed by atoms with van der Waals surface area (Å²) in [7, 11) is 0. The molecule has 16 heavy (non-hydrogen) atoms. The topological polar surface area (TPSA) is 79.5 Å². The van der Waals surface area contributed by atoms with Crippen LogP contribution in [-0.4, -0.2) is 23.0 Å². The van der Waals surface area contributed by atoms with Gasteiger partial charge in [0.25, 0.3) is 0 Å². The Morgan fingerprint density at radius 1 is 1.62 bits per heavy atom. The maximum atomic E-state index is 11.3. The number of rotatable bonds is 5. The van der Waals surface area contributed by atoms with Crippen molar-refractivity contribution in [1.29, 1.82) is 0 Å². The Balaban J connectivity index is 2.50. The molecule has 0 spiro atoms. The zero-order valence-electron chi connectivity index (χ0n) is 8.84. The molecule has 0 aliphatic rings. The van der Waals surface area contributed by atoms with E-state index in [1.807, 2.05) is 0 Å². The van der Waals surface area contributed by atoms with Crippen LogP contribution in [0.25, 0.3) is 6.08 Å².